The van der Waals surface area contributed by atoms with Crippen LogP contribution in [0.1, 0.15) is 44.5 Å². The Morgan fingerprint density at radius 2 is 2.19 bits per heavy atom. The van der Waals surface area contributed by atoms with Gasteiger partial charge >= 0.3 is 5.82 Å². The van der Waals surface area contributed by atoms with Crippen LogP contribution < -0.4 is 4.90 Å². The molecule has 1 fully saturated rings. The highest BCUT2D eigenvalue weighted by Gasteiger charge is 2.28. The molecule has 0 aliphatic carbocycles. The number of nitrogens with zero attached hydrogens (tertiary/aromatic N) is 8. The van der Waals surface area contributed by atoms with Crippen molar-refractivity contribution in [3.05, 3.63) is 40.6 Å². The first-order valence-electron chi connectivity index (χ1n) is 8.68. The van der Waals surface area contributed by atoms with E-state index in [4.69, 9.17) is 0 Å². The number of imidazole rings is 1. The maximum absolute atomic E-state index is 11.1. The molecule has 3 aromatic heterocycles. The third-order valence-electron chi connectivity index (χ3n) is 4.78. The minimum atomic E-state index is -0.471. The fourth-order valence-corrected chi connectivity index (χ4v) is 3.48. The second-order valence-electron chi connectivity index (χ2n) is 6.81. The summed E-state index contributed by atoms with van der Waals surface area (Å²) < 4.78 is 3.39. The zero-order valence-electron chi connectivity index (χ0n) is 14.7. The van der Waals surface area contributed by atoms with Crippen molar-refractivity contribution in [3.8, 4) is 0 Å². The minimum Gasteiger partial charge on any atom is -0.358 e. The van der Waals surface area contributed by atoms with Crippen LogP contribution in [-0.4, -0.2) is 47.4 Å². The number of fused-ring (bicyclic) bond motifs is 1. The Morgan fingerprint density at radius 1 is 1.35 bits per heavy atom. The molecular weight excluding hydrogens is 336 g/mol. The van der Waals surface area contributed by atoms with Crippen LogP contribution in [0.5, 0.6) is 0 Å². The molecule has 1 saturated heterocycles. The molecule has 0 spiro atoms. The van der Waals surface area contributed by atoms with Crippen molar-refractivity contribution in [2.75, 3.05) is 18.0 Å². The van der Waals surface area contributed by atoms with Crippen molar-refractivity contribution < 1.29 is 4.92 Å². The Morgan fingerprint density at radius 3 is 2.96 bits per heavy atom. The van der Waals surface area contributed by atoms with Gasteiger partial charge < -0.3 is 19.6 Å². The van der Waals surface area contributed by atoms with E-state index in [1.165, 1.54) is 10.7 Å². The molecule has 0 radical (unpaired) electrons. The van der Waals surface area contributed by atoms with Gasteiger partial charge in [0.25, 0.3) is 0 Å². The van der Waals surface area contributed by atoms with Gasteiger partial charge in [-0.3, -0.25) is 0 Å². The summed E-state index contributed by atoms with van der Waals surface area (Å²) >= 11 is 0. The third-order valence-corrected chi connectivity index (χ3v) is 4.78. The number of nitro groups is 1. The summed E-state index contributed by atoms with van der Waals surface area (Å²) in [7, 11) is 0. The highest BCUT2D eigenvalue weighted by atomic mass is 16.6. The quantitative estimate of drug-likeness (QED) is 0.521. The molecule has 4 rings (SSSR count). The lowest BCUT2D eigenvalue weighted by molar-refractivity contribution is -0.391. The fraction of sp³-hybridized carbons (Fsp3) is 0.500. The summed E-state index contributed by atoms with van der Waals surface area (Å²) in [5.74, 6) is 1.82. The first-order valence-corrected chi connectivity index (χ1v) is 8.68. The van der Waals surface area contributed by atoms with E-state index >= 15 is 0 Å². The number of aromatic nitrogens is 6. The van der Waals surface area contributed by atoms with Gasteiger partial charge in [-0.25, -0.2) is 4.98 Å². The Kier molecular flexibility index (Phi) is 4.02. The summed E-state index contributed by atoms with van der Waals surface area (Å²) in [4.78, 5) is 16.9. The van der Waals surface area contributed by atoms with Crippen LogP contribution >= 0.6 is 0 Å². The van der Waals surface area contributed by atoms with E-state index in [0.29, 0.717) is 17.5 Å². The van der Waals surface area contributed by atoms with Gasteiger partial charge in [-0.2, -0.15) is 0 Å². The Bertz CT molecular complexity index is 947. The van der Waals surface area contributed by atoms with Gasteiger partial charge in [0.1, 0.15) is 18.3 Å². The number of piperidine rings is 1. The summed E-state index contributed by atoms with van der Waals surface area (Å²) in [6.45, 7) is 5.84. The van der Waals surface area contributed by atoms with E-state index in [-0.39, 0.29) is 11.7 Å². The molecule has 0 amide bonds. The van der Waals surface area contributed by atoms with Gasteiger partial charge in [-0.15, -0.1) is 10.2 Å². The Balaban J connectivity index is 1.63. The van der Waals surface area contributed by atoms with Crippen molar-refractivity contribution in [3.63, 3.8) is 0 Å². The SMILES string of the molecule is CC(C)n1cnnc1C1CCCN(c2ccc3ncc([N+](=O)[O-])n3n2)C1. The second kappa shape index (κ2) is 6.36. The van der Waals surface area contributed by atoms with Crippen LogP contribution in [0.4, 0.5) is 11.6 Å². The largest absolute Gasteiger partial charge is 0.368 e. The van der Waals surface area contributed by atoms with Gasteiger partial charge in [0.2, 0.25) is 5.65 Å². The lowest BCUT2D eigenvalue weighted by atomic mass is 9.97. The number of rotatable bonds is 4. The van der Waals surface area contributed by atoms with Crippen molar-refractivity contribution in [2.45, 2.75) is 38.6 Å². The molecule has 3 aromatic rings. The van der Waals surface area contributed by atoms with Crippen molar-refractivity contribution in [1.82, 2.24) is 29.4 Å². The number of hydrogen-bond acceptors (Lipinski definition) is 7. The Labute approximate surface area is 149 Å². The lowest BCUT2D eigenvalue weighted by Gasteiger charge is -2.32. The number of anilines is 1. The molecule has 10 nitrogen and oxygen atoms in total. The molecule has 1 aliphatic heterocycles. The van der Waals surface area contributed by atoms with E-state index in [9.17, 15) is 10.1 Å². The first-order chi connectivity index (χ1) is 12.5. The summed E-state index contributed by atoms with van der Waals surface area (Å²) in [5.41, 5.74) is 0.466. The summed E-state index contributed by atoms with van der Waals surface area (Å²) in [6.07, 6.45) is 5.05. The predicted molar refractivity (Wildman–Crippen MR) is 94.2 cm³/mol. The zero-order valence-corrected chi connectivity index (χ0v) is 14.7. The molecule has 1 atom stereocenters. The van der Waals surface area contributed by atoms with Gasteiger partial charge in [0, 0.05) is 31.1 Å². The number of hydrogen-bond donors (Lipinski definition) is 0. The first kappa shape index (κ1) is 16.4. The molecule has 0 bridgehead atoms. The molecule has 26 heavy (non-hydrogen) atoms. The van der Waals surface area contributed by atoms with Gasteiger partial charge in [0.15, 0.2) is 5.82 Å². The summed E-state index contributed by atoms with van der Waals surface area (Å²) in [5, 5.41) is 24.0. The van der Waals surface area contributed by atoms with E-state index in [2.05, 4.69) is 43.6 Å². The molecule has 1 unspecified atom stereocenters. The van der Waals surface area contributed by atoms with Crippen molar-refractivity contribution in [1.29, 1.82) is 0 Å². The van der Waals surface area contributed by atoms with Gasteiger partial charge in [-0.1, -0.05) is 9.61 Å². The van der Waals surface area contributed by atoms with Crippen LogP contribution in [-0.2, 0) is 0 Å². The molecule has 1 aliphatic rings. The highest BCUT2D eigenvalue weighted by molar-refractivity contribution is 5.49. The lowest BCUT2D eigenvalue weighted by Crippen LogP contribution is -2.36. The maximum Gasteiger partial charge on any atom is 0.368 e. The van der Waals surface area contributed by atoms with Gasteiger partial charge in [0.05, 0.1) is 0 Å². The van der Waals surface area contributed by atoms with E-state index in [1.807, 2.05) is 6.07 Å². The average Bonchev–Trinajstić information content (AvgIpc) is 3.28. The molecule has 10 heteroatoms. The fourth-order valence-electron chi connectivity index (χ4n) is 3.48. The second-order valence-corrected chi connectivity index (χ2v) is 6.81. The van der Waals surface area contributed by atoms with Gasteiger partial charge in [-0.05, 0) is 37.7 Å². The summed E-state index contributed by atoms with van der Waals surface area (Å²) in [6, 6.07) is 3.93. The molecule has 0 N–H and O–H groups in total. The molecule has 0 saturated carbocycles. The third kappa shape index (κ3) is 2.76. The van der Waals surface area contributed by atoms with E-state index in [1.54, 1.807) is 12.4 Å². The smallest absolute Gasteiger partial charge is 0.358 e. The van der Waals surface area contributed by atoms with E-state index < -0.39 is 4.92 Å². The maximum atomic E-state index is 11.1. The van der Waals surface area contributed by atoms with Crippen LogP contribution in [0.2, 0.25) is 0 Å². The monoisotopic (exact) mass is 356 g/mol. The standard InChI is InChI=1S/C16H20N8O2/c1-11(2)22-10-18-19-16(22)12-4-3-7-21(9-12)14-6-5-13-17-8-15(24(25)26)23(13)20-14/h5-6,8,10-12H,3-4,7,9H2,1-2H3. The van der Waals surface area contributed by atoms with Crippen LogP contribution in [0.3, 0.4) is 0 Å². The molecule has 4 heterocycles. The van der Waals surface area contributed by atoms with E-state index in [0.717, 1.165) is 31.8 Å². The van der Waals surface area contributed by atoms with Crippen LogP contribution in [0, 0.1) is 10.1 Å². The Hall–Kier alpha value is -3.04. The molecule has 0 aromatic carbocycles. The zero-order chi connectivity index (χ0) is 18.3. The van der Waals surface area contributed by atoms with Crippen LogP contribution in [0.15, 0.2) is 24.7 Å². The minimum absolute atomic E-state index is 0.130. The molecular formula is C16H20N8O2. The highest BCUT2D eigenvalue weighted by Crippen LogP contribution is 2.29. The van der Waals surface area contributed by atoms with Crippen molar-refractivity contribution >= 4 is 17.3 Å². The topological polar surface area (TPSA) is 107 Å². The normalized spacial score (nSPS) is 18.0. The van der Waals surface area contributed by atoms with Crippen LogP contribution in [0.25, 0.3) is 5.65 Å². The average molecular weight is 356 g/mol. The van der Waals surface area contributed by atoms with Crippen molar-refractivity contribution in [2.24, 2.45) is 0 Å². The molecule has 136 valence electrons. The predicted octanol–water partition coefficient (Wildman–Crippen LogP) is 2.19.